The zero-order chi connectivity index (χ0) is 32.0. The maximum Gasteiger partial charge on any atom is 0.265 e. The maximum atomic E-state index is 12.7. The van der Waals surface area contributed by atoms with Crippen LogP contribution in [0.3, 0.4) is 0 Å². The molecule has 0 aromatic heterocycles. The van der Waals surface area contributed by atoms with Crippen LogP contribution in [-0.4, -0.2) is 96.5 Å². The van der Waals surface area contributed by atoms with Gasteiger partial charge in [-0.1, -0.05) is 27.7 Å². The Morgan fingerprint density at radius 2 is 1.67 bits per heavy atom. The fourth-order valence-corrected chi connectivity index (χ4v) is 11.2. The Balaban J connectivity index is 1.29. The topological polar surface area (TPSA) is 144 Å². The number of hydrogen-bond acceptors (Lipinski definition) is 6. The van der Waals surface area contributed by atoms with E-state index in [0.717, 1.165) is 57.9 Å². The van der Waals surface area contributed by atoms with E-state index in [2.05, 4.69) is 33.0 Å². The van der Waals surface area contributed by atoms with E-state index in [4.69, 9.17) is 4.55 Å². The Labute approximate surface area is 260 Å². The number of amides is 1. The molecule has 0 heterocycles. The molecule has 4 rings (SSSR count). The molecule has 5 unspecified atom stereocenters. The van der Waals surface area contributed by atoms with Crippen LogP contribution in [0.4, 0.5) is 0 Å². The van der Waals surface area contributed by atoms with Gasteiger partial charge in [0.1, 0.15) is 0 Å². The molecule has 11 atom stereocenters. The van der Waals surface area contributed by atoms with E-state index in [1.807, 2.05) is 14.1 Å². The summed E-state index contributed by atoms with van der Waals surface area (Å²) in [4.78, 5) is 12.7. The van der Waals surface area contributed by atoms with Gasteiger partial charge in [0.15, 0.2) is 0 Å². The van der Waals surface area contributed by atoms with Gasteiger partial charge in [0.05, 0.1) is 51.2 Å². The number of carbonyl (C=O) groups is 1. The Morgan fingerprint density at radius 3 is 2.35 bits per heavy atom. The third-order valence-corrected chi connectivity index (χ3v) is 14.2. The third-order valence-electron chi connectivity index (χ3n) is 13.4. The van der Waals surface area contributed by atoms with Gasteiger partial charge < -0.3 is 25.1 Å². The Hall–Kier alpha value is -0.780. The molecule has 5 N–H and O–H groups in total. The van der Waals surface area contributed by atoms with Crippen molar-refractivity contribution in [2.24, 2.45) is 45.8 Å². The van der Waals surface area contributed by atoms with E-state index in [1.165, 1.54) is 0 Å². The Kier molecular flexibility index (Phi) is 10.4. The lowest BCUT2D eigenvalue weighted by atomic mass is 9.39. The summed E-state index contributed by atoms with van der Waals surface area (Å²) < 4.78 is 31.5. The molecule has 0 aromatic rings. The standard InChI is InChI=1S/C33H60N2O7S/c1-22(9-12-29(39)34-15-7-16-35(5,6)17-8-18-43(40,41)42)24-10-11-25-30-26(19-28(38)33(24,25)4)32(3)14-13-23(36)20-31(32,2)21-27(30)37/h22-28,30,36-38H,7-21H2,1-6H3,(H-,34,39,40,41,42)/p+1/t22?,23-,24-,25?,26?,27?,28+,30?,31+,32-,33-/m1/s1. The van der Waals surface area contributed by atoms with Crippen LogP contribution in [0.1, 0.15) is 98.3 Å². The van der Waals surface area contributed by atoms with Crippen molar-refractivity contribution in [3.05, 3.63) is 0 Å². The number of aliphatic hydroxyl groups is 3. The highest BCUT2D eigenvalue weighted by Gasteiger charge is 2.68. The van der Waals surface area contributed by atoms with E-state index in [9.17, 15) is 28.5 Å². The zero-order valence-corrected chi connectivity index (χ0v) is 28.4. The van der Waals surface area contributed by atoms with Gasteiger partial charge >= 0.3 is 0 Å². The summed E-state index contributed by atoms with van der Waals surface area (Å²) >= 11 is 0. The van der Waals surface area contributed by atoms with Gasteiger partial charge in [0.25, 0.3) is 10.1 Å². The van der Waals surface area contributed by atoms with Crippen LogP contribution < -0.4 is 5.32 Å². The van der Waals surface area contributed by atoms with E-state index < -0.39 is 22.3 Å². The van der Waals surface area contributed by atoms with Gasteiger partial charge in [0.2, 0.25) is 5.91 Å². The second kappa shape index (κ2) is 12.8. The van der Waals surface area contributed by atoms with Crippen molar-refractivity contribution in [1.29, 1.82) is 0 Å². The monoisotopic (exact) mass is 629 g/mol. The molecule has 1 amide bonds. The third kappa shape index (κ3) is 7.14. The van der Waals surface area contributed by atoms with E-state index in [1.54, 1.807) is 0 Å². The highest BCUT2D eigenvalue weighted by Crippen LogP contribution is 2.71. The van der Waals surface area contributed by atoms with Crippen molar-refractivity contribution in [1.82, 2.24) is 5.32 Å². The minimum atomic E-state index is -3.93. The van der Waals surface area contributed by atoms with Crippen molar-refractivity contribution >= 4 is 16.0 Å². The van der Waals surface area contributed by atoms with E-state index in [0.29, 0.717) is 42.8 Å². The van der Waals surface area contributed by atoms with Gasteiger partial charge in [0, 0.05) is 25.8 Å². The molecule has 0 aromatic carbocycles. The summed E-state index contributed by atoms with van der Waals surface area (Å²) in [7, 11) is 0.112. The number of fused-ring (bicyclic) bond motifs is 5. The first-order valence-corrected chi connectivity index (χ1v) is 18.5. The number of quaternary nitrogens is 1. The highest BCUT2D eigenvalue weighted by molar-refractivity contribution is 7.85. The molecule has 0 radical (unpaired) electrons. The van der Waals surface area contributed by atoms with Gasteiger partial charge in [-0.2, -0.15) is 8.42 Å². The van der Waals surface area contributed by atoms with Crippen LogP contribution in [0.15, 0.2) is 0 Å². The first-order valence-electron chi connectivity index (χ1n) is 16.9. The number of nitrogens with zero attached hydrogens (tertiary/aromatic N) is 1. The van der Waals surface area contributed by atoms with E-state index >= 15 is 0 Å². The number of hydrogen-bond donors (Lipinski definition) is 5. The molecule has 250 valence electrons. The summed E-state index contributed by atoms with van der Waals surface area (Å²) in [5.74, 6) is 1.12. The molecule has 0 saturated heterocycles. The fraction of sp³-hybridized carbons (Fsp3) is 0.970. The van der Waals surface area contributed by atoms with Crippen molar-refractivity contribution in [3.63, 3.8) is 0 Å². The second-order valence-corrected chi connectivity index (χ2v) is 18.1. The number of nitrogens with one attached hydrogen (secondary N) is 1. The van der Waals surface area contributed by atoms with Crippen molar-refractivity contribution < 1.29 is 37.6 Å². The van der Waals surface area contributed by atoms with Crippen LogP contribution in [0, 0.1) is 45.8 Å². The molecule has 4 saturated carbocycles. The molecule has 4 aliphatic carbocycles. The predicted octanol–water partition coefficient (Wildman–Crippen LogP) is 3.61. The van der Waals surface area contributed by atoms with E-state index in [-0.39, 0.29) is 57.7 Å². The van der Waals surface area contributed by atoms with Crippen LogP contribution in [0.25, 0.3) is 0 Å². The van der Waals surface area contributed by atoms with Crippen LogP contribution >= 0.6 is 0 Å². The lowest BCUT2D eigenvalue weighted by Crippen LogP contribution is -2.65. The van der Waals surface area contributed by atoms with Crippen LogP contribution in [0.2, 0.25) is 0 Å². The van der Waals surface area contributed by atoms with Crippen molar-refractivity contribution in [3.8, 4) is 0 Å². The van der Waals surface area contributed by atoms with Crippen LogP contribution in [-0.2, 0) is 14.9 Å². The molecular weight excluding hydrogens is 568 g/mol. The molecule has 4 fully saturated rings. The molecular formula is C33H61N2O7S+. The number of carbonyl (C=O) groups excluding carboxylic acids is 1. The van der Waals surface area contributed by atoms with Gasteiger partial charge in [-0.15, -0.1) is 0 Å². The lowest BCUT2D eigenvalue weighted by molar-refractivity contribution is -0.890. The quantitative estimate of drug-likeness (QED) is 0.126. The molecule has 9 nitrogen and oxygen atoms in total. The average molecular weight is 630 g/mol. The SMILES string of the molecule is CC(CCC(=O)NCCC[N+](C)(C)CCCS(=O)(=O)O)[C@H]1CCC2C3C(O)C[C@]4(C)C[C@H](O)CC[C@]4(C)C3C[C@H](O)[C@@]21C. The molecule has 10 heteroatoms. The molecule has 0 bridgehead atoms. The highest BCUT2D eigenvalue weighted by atomic mass is 32.2. The Morgan fingerprint density at radius 1 is 1.00 bits per heavy atom. The summed E-state index contributed by atoms with van der Waals surface area (Å²) in [6.07, 6.45) is 7.24. The molecule has 0 aliphatic heterocycles. The predicted molar refractivity (Wildman–Crippen MR) is 168 cm³/mol. The van der Waals surface area contributed by atoms with Gasteiger partial charge in [-0.25, -0.2) is 0 Å². The zero-order valence-electron chi connectivity index (χ0n) is 27.6. The first-order chi connectivity index (χ1) is 19.8. The lowest BCUT2D eigenvalue weighted by Gasteiger charge is -2.67. The summed E-state index contributed by atoms with van der Waals surface area (Å²) in [5.41, 5.74) is -0.376. The Bertz CT molecular complexity index is 1100. The summed E-state index contributed by atoms with van der Waals surface area (Å²) in [6, 6.07) is 0. The first kappa shape index (κ1) is 35.1. The fourth-order valence-electron chi connectivity index (χ4n) is 10.7. The normalized spacial score (nSPS) is 42.0. The molecule has 4 aliphatic rings. The minimum absolute atomic E-state index is 0.00833. The van der Waals surface area contributed by atoms with Gasteiger partial charge in [-0.05, 0) is 97.2 Å². The minimum Gasteiger partial charge on any atom is -0.393 e. The second-order valence-electron chi connectivity index (χ2n) is 16.5. The summed E-state index contributed by atoms with van der Waals surface area (Å²) in [5, 5.41) is 37.0. The number of aliphatic hydroxyl groups excluding tert-OH is 3. The number of rotatable bonds is 12. The average Bonchev–Trinajstić information content (AvgIpc) is 3.24. The van der Waals surface area contributed by atoms with Crippen molar-refractivity contribution in [2.45, 2.75) is 117 Å². The smallest absolute Gasteiger partial charge is 0.265 e. The maximum absolute atomic E-state index is 12.7. The molecule has 0 spiro atoms. The largest absolute Gasteiger partial charge is 0.393 e. The van der Waals surface area contributed by atoms with Crippen LogP contribution in [0.5, 0.6) is 0 Å². The summed E-state index contributed by atoms with van der Waals surface area (Å²) in [6.45, 7) is 11.1. The van der Waals surface area contributed by atoms with Crippen molar-refractivity contribution in [2.75, 3.05) is 39.5 Å². The van der Waals surface area contributed by atoms with Gasteiger partial charge in [-0.3, -0.25) is 9.35 Å². The molecule has 43 heavy (non-hydrogen) atoms.